The van der Waals surface area contributed by atoms with Crippen LogP contribution in [0.25, 0.3) is 0 Å². The number of amides is 1. The Kier molecular flexibility index (Phi) is 7.68. The van der Waals surface area contributed by atoms with Crippen LogP contribution in [0.2, 0.25) is 0 Å². The van der Waals surface area contributed by atoms with E-state index in [-0.39, 0.29) is 22.6 Å². The molecule has 158 valence electrons. The minimum atomic E-state index is -3.71. The van der Waals surface area contributed by atoms with Gasteiger partial charge in [0.15, 0.2) is 6.54 Å². The molecular weight excluding hydrogens is 382 g/mol. The van der Waals surface area contributed by atoms with Gasteiger partial charge in [-0.1, -0.05) is 13.8 Å². The summed E-state index contributed by atoms with van der Waals surface area (Å²) in [5, 5.41) is 3.00. The third kappa shape index (κ3) is 5.36. The van der Waals surface area contributed by atoms with Crippen LogP contribution >= 0.6 is 0 Å². The summed E-state index contributed by atoms with van der Waals surface area (Å²) in [7, 11) is -0.769. The number of rotatable bonds is 8. The molecule has 1 aromatic carbocycles. The topological polar surface area (TPSA) is 89.4 Å². The molecule has 1 saturated heterocycles. The van der Waals surface area contributed by atoms with E-state index in [1.54, 1.807) is 12.1 Å². The molecule has 28 heavy (non-hydrogen) atoms. The monoisotopic (exact) mass is 414 g/mol. The largest absolute Gasteiger partial charge is 0.497 e. The Morgan fingerprint density at radius 2 is 1.82 bits per heavy atom. The summed E-state index contributed by atoms with van der Waals surface area (Å²) >= 11 is 0. The summed E-state index contributed by atoms with van der Waals surface area (Å²) in [6.45, 7) is 8.33. The molecule has 0 radical (unpaired) electrons. The first kappa shape index (κ1) is 22.4. The minimum Gasteiger partial charge on any atom is -0.497 e. The molecule has 8 nitrogen and oxygen atoms in total. The smallest absolute Gasteiger partial charge is 0.275 e. The first-order chi connectivity index (χ1) is 13.2. The Morgan fingerprint density at radius 3 is 2.36 bits per heavy atom. The maximum absolute atomic E-state index is 13.1. The number of hydrogen-bond donors (Lipinski definition) is 2. The number of sulfonamides is 1. The summed E-state index contributed by atoms with van der Waals surface area (Å²) in [6.07, 6.45) is 0. The number of hydrogen-bond acceptors (Lipinski definition) is 5. The molecule has 0 unspecified atom stereocenters. The van der Waals surface area contributed by atoms with Crippen molar-refractivity contribution in [1.82, 2.24) is 9.62 Å². The van der Waals surface area contributed by atoms with Crippen molar-refractivity contribution in [3.05, 3.63) is 18.2 Å². The molecule has 0 bridgehead atoms. The second-order valence-corrected chi connectivity index (χ2v) is 9.35. The molecule has 1 atom stereocenters. The highest BCUT2D eigenvalue weighted by Crippen LogP contribution is 2.30. The molecule has 1 aliphatic heterocycles. The first-order valence-corrected chi connectivity index (χ1v) is 11.0. The number of carbonyl (C=O) groups is 1. The number of benzene rings is 1. The van der Waals surface area contributed by atoms with E-state index < -0.39 is 10.0 Å². The fourth-order valence-electron chi connectivity index (χ4n) is 3.04. The van der Waals surface area contributed by atoms with E-state index in [4.69, 9.17) is 9.47 Å². The van der Waals surface area contributed by atoms with E-state index in [0.717, 1.165) is 4.90 Å². The van der Waals surface area contributed by atoms with Crippen LogP contribution in [0, 0.1) is 5.92 Å². The zero-order chi connectivity index (χ0) is 20.9. The van der Waals surface area contributed by atoms with Crippen LogP contribution in [0.4, 0.5) is 0 Å². The average molecular weight is 415 g/mol. The Morgan fingerprint density at radius 1 is 1.18 bits per heavy atom. The number of piperazine rings is 1. The van der Waals surface area contributed by atoms with Gasteiger partial charge >= 0.3 is 0 Å². The van der Waals surface area contributed by atoms with Gasteiger partial charge in [-0.2, -0.15) is 4.31 Å². The van der Waals surface area contributed by atoms with Gasteiger partial charge in [0.05, 0.1) is 40.4 Å². The number of nitrogens with zero attached hydrogens (tertiary/aromatic N) is 1. The highest BCUT2D eigenvalue weighted by atomic mass is 32.2. The molecular formula is C19H32N3O5S+. The molecule has 0 aliphatic carbocycles. The van der Waals surface area contributed by atoms with E-state index in [2.05, 4.69) is 19.2 Å². The van der Waals surface area contributed by atoms with Gasteiger partial charge in [0, 0.05) is 12.1 Å². The third-order valence-electron chi connectivity index (χ3n) is 5.22. The van der Waals surface area contributed by atoms with Gasteiger partial charge in [0.2, 0.25) is 10.0 Å². The van der Waals surface area contributed by atoms with Gasteiger partial charge < -0.3 is 19.7 Å². The van der Waals surface area contributed by atoms with Crippen molar-refractivity contribution in [2.24, 2.45) is 5.92 Å². The van der Waals surface area contributed by atoms with Crippen LogP contribution in [-0.2, 0) is 14.8 Å². The van der Waals surface area contributed by atoms with E-state index in [0.29, 0.717) is 44.4 Å². The standard InChI is InChI=1S/C19H31N3O5S/c1-14(2)15(3)20-19(23)13-21-8-10-22(11-9-21)28(24,25)18-12-16(26-4)6-7-17(18)27-5/h6-7,12,14-15H,8-11,13H2,1-5H3,(H,20,23)/p+1/t15-/m1/s1. The van der Waals surface area contributed by atoms with Crippen molar-refractivity contribution in [1.29, 1.82) is 0 Å². The average Bonchev–Trinajstić information content (AvgIpc) is 2.67. The van der Waals surface area contributed by atoms with Gasteiger partial charge in [-0.25, -0.2) is 8.42 Å². The number of nitrogens with one attached hydrogen (secondary N) is 2. The van der Waals surface area contributed by atoms with Crippen LogP contribution < -0.4 is 19.7 Å². The Hall–Kier alpha value is -1.84. The van der Waals surface area contributed by atoms with Gasteiger partial charge in [-0.3, -0.25) is 4.79 Å². The van der Waals surface area contributed by atoms with E-state index in [1.807, 2.05) is 6.92 Å². The molecule has 2 N–H and O–H groups in total. The van der Waals surface area contributed by atoms with Crippen LogP contribution in [0.1, 0.15) is 20.8 Å². The molecule has 0 spiro atoms. The van der Waals surface area contributed by atoms with Gasteiger partial charge in [0.25, 0.3) is 5.91 Å². The van der Waals surface area contributed by atoms with E-state index >= 15 is 0 Å². The van der Waals surface area contributed by atoms with Crippen molar-refractivity contribution in [2.75, 3.05) is 46.9 Å². The Bertz CT molecular complexity index is 774. The molecule has 1 amide bonds. The van der Waals surface area contributed by atoms with Crippen LogP contribution in [0.15, 0.2) is 23.1 Å². The summed E-state index contributed by atoms with van der Waals surface area (Å²) in [5.41, 5.74) is 0. The Balaban J connectivity index is 2.01. The first-order valence-electron chi connectivity index (χ1n) is 9.54. The summed E-state index contributed by atoms with van der Waals surface area (Å²) in [4.78, 5) is 13.4. The van der Waals surface area contributed by atoms with E-state index in [9.17, 15) is 13.2 Å². The van der Waals surface area contributed by atoms with Crippen molar-refractivity contribution >= 4 is 15.9 Å². The van der Waals surface area contributed by atoms with Gasteiger partial charge in [-0.15, -0.1) is 0 Å². The van der Waals surface area contributed by atoms with Crippen LogP contribution in [-0.4, -0.2) is 71.6 Å². The molecule has 2 rings (SSSR count). The highest BCUT2D eigenvalue weighted by molar-refractivity contribution is 7.89. The molecule has 0 aromatic heterocycles. The zero-order valence-corrected chi connectivity index (χ0v) is 18.1. The maximum atomic E-state index is 13.1. The summed E-state index contributed by atoms with van der Waals surface area (Å²) < 4.78 is 38.0. The van der Waals surface area contributed by atoms with Crippen LogP contribution in [0.3, 0.4) is 0 Å². The van der Waals surface area contributed by atoms with Crippen molar-refractivity contribution in [3.63, 3.8) is 0 Å². The van der Waals surface area contributed by atoms with E-state index in [1.165, 1.54) is 24.6 Å². The maximum Gasteiger partial charge on any atom is 0.275 e. The molecule has 1 aromatic rings. The normalized spacial score (nSPS) is 17.4. The SMILES string of the molecule is COc1ccc(OC)c(S(=O)(=O)N2CC[NH+](CC(=O)N[C@H](C)C(C)C)CC2)c1. The van der Waals surface area contributed by atoms with Crippen molar-refractivity contribution in [3.8, 4) is 11.5 Å². The number of carbonyl (C=O) groups excluding carboxylic acids is 1. The lowest BCUT2D eigenvalue weighted by Gasteiger charge is -2.31. The van der Waals surface area contributed by atoms with Crippen molar-refractivity contribution in [2.45, 2.75) is 31.7 Å². The highest BCUT2D eigenvalue weighted by Gasteiger charge is 2.33. The number of ether oxygens (including phenoxy) is 2. The fourth-order valence-corrected chi connectivity index (χ4v) is 4.66. The quantitative estimate of drug-likeness (QED) is 0.613. The third-order valence-corrected chi connectivity index (χ3v) is 7.14. The Labute approximate surface area is 167 Å². The molecule has 9 heteroatoms. The predicted octanol–water partition coefficient (Wildman–Crippen LogP) is -0.246. The predicted molar refractivity (Wildman–Crippen MR) is 106 cm³/mol. The second kappa shape index (κ2) is 9.58. The fraction of sp³-hybridized carbons (Fsp3) is 0.632. The minimum absolute atomic E-state index is 0.00183. The van der Waals surface area contributed by atoms with Gasteiger partial charge in [-0.05, 0) is 25.0 Å². The number of quaternary nitrogens is 1. The second-order valence-electron chi connectivity index (χ2n) is 7.45. The summed E-state index contributed by atoms with van der Waals surface area (Å²) in [6, 6.07) is 4.85. The summed E-state index contributed by atoms with van der Waals surface area (Å²) in [5.74, 6) is 1.12. The molecule has 0 saturated carbocycles. The molecule has 1 aliphatic rings. The molecule has 1 fully saturated rings. The lowest BCUT2D eigenvalue weighted by molar-refractivity contribution is -0.895. The lowest BCUT2D eigenvalue weighted by atomic mass is 10.1. The lowest BCUT2D eigenvalue weighted by Crippen LogP contribution is -3.15. The molecule has 1 heterocycles. The van der Waals surface area contributed by atoms with Crippen LogP contribution in [0.5, 0.6) is 11.5 Å². The van der Waals surface area contributed by atoms with Gasteiger partial charge in [0.1, 0.15) is 16.4 Å². The zero-order valence-electron chi connectivity index (χ0n) is 17.3. The number of methoxy groups -OCH3 is 2. The van der Waals surface area contributed by atoms with Crippen molar-refractivity contribution < 1.29 is 27.6 Å².